The van der Waals surface area contributed by atoms with Crippen molar-refractivity contribution in [1.82, 2.24) is 10.2 Å². The number of nitrogens with zero attached hydrogens (tertiary/aromatic N) is 2. The Morgan fingerprint density at radius 1 is 1.32 bits per heavy atom. The van der Waals surface area contributed by atoms with Crippen molar-refractivity contribution in [2.24, 2.45) is 0 Å². The van der Waals surface area contributed by atoms with Gasteiger partial charge in [-0.2, -0.15) is 0 Å². The number of thiophene rings is 1. The minimum absolute atomic E-state index is 0. The molecule has 0 radical (unpaired) electrons. The summed E-state index contributed by atoms with van der Waals surface area (Å²) in [6, 6.07) is 3.94. The molecule has 1 saturated heterocycles. The standard InChI is InChI=1S/C14H23N3O2S.2ClH/c1-2-3-4-5-12(16-10-8-15-9-11-16)13-6-7-14(20-13)17(18)19;;/h6-7,12,15H,2-5,8-11H2,1H3;2*1H/t12-;;/m0../s1. The van der Waals surface area contributed by atoms with E-state index >= 15 is 0 Å². The van der Waals surface area contributed by atoms with E-state index < -0.39 is 0 Å². The van der Waals surface area contributed by atoms with E-state index in [0.29, 0.717) is 6.04 Å². The van der Waals surface area contributed by atoms with Crippen molar-refractivity contribution in [2.75, 3.05) is 26.2 Å². The first-order valence-corrected chi connectivity index (χ1v) is 8.23. The van der Waals surface area contributed by atoms with Gasteiger partial charge in [0, 0.05) is 43.2 Å². The third-order valence-corrected chi connectivity index (χ3v) is 4.93. The average molecular weight is 370 g/mol. The smallest absolute Gasteiger partial charge is 0.314 e. The number of piperazine rings is 1. The van der Waals surface area contributed by atoms with E-state index in [1.807, 2.05) is 6.07 Å². The first kappa shape index (κ1) is 21.6. The molecule has 8 heteroatoms. The van der Waals surface area contributed by atoms with E-state index in [2.05, 4.69) is 17.1 Å². The molecule has 1 aliphatic rings. The molecular weight excluding hydrogens is 345 g/mol. The molecule has 2 rings (SSSR count). The number of rotatable bonds is 7. The van der Waals surface area contributed by atoms with Gasteiger partial charge in [-0.1, -0.05) is 37.5 Å². The average Bonchev–Trinajstić information content (AvgIpc) is 2.94. The molecule has 1 aromatic rings. The van der Waals surface area contributed by atoms with Crippen LogP contribution in [0.15, 0.2) is 12.1 Å². The molecule has 1 N–H and O–H groups in total. The lowest BCUT2D eigenvalue weighted by Gasteiger charge is -2.34. The third kappa shape index (κ3) is 6.01. The summed E-state index contributed by atoms with van der Waals surface area (Å²) < 4.78 is 0. The van der Waals surface area contributed by atoms with E-state index in [4.69, 9.17) is 0 Å². The Bertz CT molecular complexity index is 439. The predicted molar refractivity (Wildman–Crippen MR) is 96.8 cm³/mol. The summed E-state index contributed by atoms with van der Waals surface area (Å²) in [7, 11) is 0. The van der Waals surface area contributed by atoms with Gasteiger partial charge < -0.3 is 5.32 Å². The normalized spacial score (nSPS) is 16.4. The van der Waals surface area contributed by atoms with Crippen molar-refractivity contribution in [1.29, 1.82) is 0 Å². The van der Waals surface area contributed by atoms with Crippen LogP contribution < -0.4 is 5.32 Å². The summed E-state index contributed by atoms with van der Waals surface area (Å²) in [5.41, 5.74) is 0. The highest BCUT2D eigenvalue weighted by atomic mass is 35.5. The molecule has 0 aromatic carbocycles. The van der Waals surface area contributed by atoms with E-state index in [-0.39, 0.29) is 34.7 Å². The molecule has 1 fully saturated rings. The Balaban J connectivity index is 0.00000220. The maximum absolute atomic E-state index is 10.9. The number of nitro groups is 1. The van der Waals surface area contributed by atoms with Crippen molar-refractivity contribution < 1.29 is 4.92 Å². The molecule has 0 saturated carbocycles. The molecule has 2 heterocycles. The van der Waals surface area contributed by atoms with E-state index in [9.17, 15) is 10.1 Å². The number of hydrogen-bond donors (Lipinski definition) is 1. The van der Waals surface area contributed by atoms with Crippen molar-refractivity contribution in [3.05, 3.63) is 27.1 Å². The quantitative estimate of drug-likeness (QED) is 0.447. The fourth-order valence-corrected chi connectivity index (χ4v) is 3.70. The highest BCUT2D eigenvalue weighted by molar-refractivity contribution is 7.15. The SMILES string of the molecule is CCCCC[C@@H](c1ccc([N+](=O)[O-])s1)N1CCNCC1.Cl.Cl. The highest BCUT2D eigenvalue weighted by Gasteiger charge is 2.24. The molecule has 22 heavy (non-hydrogen) atoms. The Labute approximate surface area is 148 Å². The Morgan fingerprint density at radius 2 is 2.00 bits per heavy atom. The first-order chi connectivity index (χ1) is 9.72. The minimum Gasteiger partial charge on any atom is -0.314 e. The number of hydrogen-bond acceptors (Lipinski definition) is 5. The summed E-state index contributed by atoms with van der Waals surface area (Å²) in [5.74, 6) is 0. The molecule has 5 nitrogen and oxygen atoms in total. The van der Waals surface area contributed by atoms with Gasteiger partial charge in [0.05, 0.1) is 4.92 Å². The van der Waals surface area contributed by atoms with Crippen LogP contribution in [-0.2, 0) is 0 Å². The zero-order chi connectivity index (χ0) is 14.4. The molecule has 0 unspecified atom stereocenters. The van der Waals surface area contributed by atoms with Gasteiger partial charge in [0.15, 0.2) is 0 Å². The predicted octanol–water partition coefficient (Wildman–Crippen LogP) is 4.03. The van der Waals surface area contributed by atoms with Crippen molar-refractivity contribution in [2.45, 2.75) is 38.6 Å². The zero-order valence-corrected chi connectivity index (χ0v) is 15.3. The minimum atomic E-state index is -0.283. The summed E-state index contributed by atoms with van der Waals surface area (Å²) in [6.45, 7) is 6.29. The number of unbranched alkanes of at least 4 members (excludes halogenated alkanes) is 2. The van der Waals surface area contributed by atoms with Crippen LogP contribution in [0.5, 0.6) is 0 Å². The summed E-state index contributed by atoms with van der Waals surface area (Å²) in [6.07, 6.45) is 4.73. The monoisotopic (exact) mass is 369 g/mol. The summed E-state index contributed by atoms with van der Waals surface area (Å²) in [4.78, 5) is 14.2. The molecular formula is C14H25Cl2N3O2S. The van der Waals surface area contributed by atoms with Gasteiger partial charge in [-0.15, -0.1) is 24.8 Å². The lowest BCUT2D eigenvalue weighted by molar-refractivity contribution is -0.380. The molecule has 0 bridgehead atoms. The van der Waals surface area contributed by atoms with Crippen molar-refractivity contribution >= 4 is 41.2 Å². The Kier molecular flexibility index (Phi) is 11.0. The fraction of sp³-hybridized carbons (Fsp3) is 0.714. The Hall–Kier alpha value is -0.400. The molecule has 0 aliphatic carbocycles. The van der Waals surface area contributed by atoms with E-state index in [1.54, 1.807) is 6.07 Å². The topological polar surface area (TPSA) is 58.4 Å². The van der Waals surface area contributed by atoms with Gasteiger partial charge in [-0.3, -0.25) is 15.0 Å². The van der Waals surface area contributed by atoms with Crippen LogP contribution >= 0.6 is 36.2 Å². The van der Waals surface area contributed by atoms with Crippen LogP contribution in [0.25, 0.3) is 0 Å². The van der Waals surface area contributed by atoms with Gasteiger partial charge in [0.25, 0.3) is 0 Å². The third-order valence-electron chi connectivity index (χ3n) is 3.79. The number of nitrogens with one attached hydrogen (secondary N) is 1. The lowest BCUT2D eigenvalue weighted by atomic mass is 10.0. The highest BCUT2D eigenvalue weighted by Crippen LogP contribution is 2.35. The van der Waals surface area contributed by atoms with Crippen LogP contribution in [0.1, 0.15) is 43.5 Å². The molecule has 1 atom stereocenters. The molecule has 128 valence electrons. The molecule has 0 spiro atoms. The first-order valence-electron chi connectivity index (χ1n) is 7.41. The van der Waals surface area contributed by atoms with Crippen LogP contribution in [0.2, 0.25) is 0 Å². The summed E-state index contributed by atoms with van der Waals surface area (Å²) in [5, 5.41) is 14.5. The second-order valence-corrected chi connectivity index (χ2v) is 6.32. The van der Waals surface area contributed by atoms with E-state index in [0.717, 1.165) is 37.5 Å². The van der Waals surface area contributed by atoms with Crippen LogP contribution in [0.3, 0.4) is 0 Å². The van der Waals surface area contributed by atoms with Gasteiger partial charge in [-0.25, -0.2) is 0 Å². The fourth-order valence-electron chi connectivity index (χ4n) is 2.71. The number of halogens is 2. The van der Waals surface area contributed by atoms with Crippen LogP contribution in [0, 0.1) is 10.1 Å². The maximum atomic E-state index is 10.9. The van der Waals surface area contributed by atoms with Gasteiger partial charge >= 0.3 is 5.00 Å². The van der Waals surface area contributed by atoms with Gasteiger partial charge in [-0.05, 0) is 12.5 Å². The van der Waals surface area contributed by atoms with Gasteiger partial charge in [0.2, 0.25) is 0 Å². The van der Waals surface area contributed by atoms with Crippen molar-refractivity contribution in [3.63, 3.8) is 0 Å². The lowest BCUT2D eigenvalue weighted by Crippen LogP contribution is -2.45. The maximum Gasteiger partial charge on any atom is 0.324 e. The van der Waals surface area contributed by atoms with Crippen molar-refractivity contribution in [3.8, 4) is 0 Å². The summed E-state index contributed by atoms with van der Waals surface area (Å²) >= 11 is 1.34. The van der Waals surface area contributed by atoms with Gasteiger partial charge in [0.1, 0.15) is 0 Å². The Morgan fingerprint density at radius 3 is 2.55 bits per heavy atom. The van der Waals surface area contributed by atoms with E-state index in [1.165, 1.54) is 30.6 Å². The largest absolute Gasteiger partial charge is 0.324 e. The van der Waals surface area contributed by atoms with Crippen LogP contribution in [-0.4, -0.2) is 36.0 Å². The molecule has 0 amide bonds. The zero-order valence-electron chi connectivity index (χ0n) is 12.8. The molecule has 1 aromatic heterocycles. The second kappa shape index (κ2) is 11.2. The molecule has 1 aliphatic heterocycles. The second-order valence-electron chi connectivity index (χ2n) is 5.23. The van der Waals surface area contributed by atoms with Crippen LogP contribution in [0.4, 0.5) is 5.00 Å².